The molecule has 0 bridgehead atoms. The van der Waals surface area contributed by atoms with Crippen LogP contribution in [0.15, 0.2) is 36.4 Å². The van der Waals surface area contributed by atoms with Gasteiger partial charge in [0.2, 0.25) is 5.91 Å². The van der Waals surface area contributed by atoms with Crippen LogP contribution < -0.4 is 4.74 Å². The minimum Gasteiger partial charge on any atom is -0.486 e. The molecule has 0 atom stereocenters. The molecule has 4 rings (SSSR count). The third-order valence-electron chi connectivity index (χ3n) is 6.75. The molecule has 31 heavy (non-hydrogen) atoms. The zero-order chi connectivity index (χ0) is 22.2. The van der Waals surface area contributed by atoms with Gasteiger partial charge >= 0.3 is 0 Å². The molecule has 2 aromatic rings. The van der Waals surface area contributed by atoms with Crippen LogP contribution in [-0.4, -0.2) is 41.1 Å². The van der Waals surface area contributed by atoms with Gasteiger partial charge in [-0.3, -0.25) is 14.4 Å². The van der Waals surface area contributed by atoms with Gasteiger partial charge in [0.05, 0.1) is 12.0 Å². The summed E-state index contributed by atoms with van der Waals surface area (Å²) in [6, 6.07) is 11.3. The van der Waals surface area contributed by atoms with Gasteiger partial charge in [0.1, 0.15) is 11.4 Å². The first-order valence-electron chi connectivity index (χ1n) is 11.0. The predicted molar refractivity (Wildman–Crippen MR) is 119 cm³/mol. The van der Waals surface area contributed by atoms with Crippen molar-refractivity contribution in [3.8, 4) is 5.75 Å². The quantitative estimate of drug-likeness (QED) is 0.680. The average Bonchev–Trinajstić information content (AvgIpc) is 2.76. The second-order valence-electron chi connectivity index (χ2n) is 8.94. The molecule has 162 valence electrons. The van der Waals surface area contributed by atoms with Gasteiger partial charge in [0.25, 0.3) is 0 Å². The molecule has 0 N–H and O–H groups in total. The Morgan fingerprint density at radius 3 is 2.32 bits per heavy atom. The van der Waals surface area contributed by atoms with E-state index in [1.54, 1.807) is 4.90 Å². The van der Waals surface area contributed by atoms with Crippen molar-refractivity contribution in [3.05, 3.63) is 64.2 Å². The highest BCUT2D eigenvalue weighted by molar-refractivity contribution is 6.01. The van der Waals surface area contributed by atoms with Crippen LogP contribution in [0.25, 0.3) is 0 Å². The SMILES string of the molecule is Cc1ccc(C(=O)CCC(=O)N2CCC3(CC2)CC(=O)c2ccc(C)c(C)c2O3)cc1. The van der Waals surface area contributed by atoms with Gasteiger partial charge in [-0.05, 0) is 38.0 Å². The molecule has 0 aliphatic carbocycles. The lowest BCUT2D eigenvalue weighted by molar-refractivity contribution is -0.134. The molecule has 0 unspecified atom stereocenters. The number of aryl methyl sites for hydroxylation is 2. The zero-order valence-corrected chi connectivity index (χ0v) is 18.5. The minimum atomic E-state index is -0.531. The number of Topliss-reactive ketones (excluding diaryl/α,β-unsaturated/α-hetero) is 2. The van der Waals surface area contributed by atoms with Gasteiger partial charge in [0.15, 0.2) is 11.6 Å². The van der Waals surface area contributed by atoms with Crippen molar-refractivity contribution >= 4 is 17.5 Å². The Labute approximate surface area is 183 Å². The second-order valence-corrected chi connectivity index (χ2v) is 8.94. The van der Waals surface area contributed by atoms with Crippen molar-refractivity contribution in [2.24, 2.45) is 0 Å². The smallest absolute Gasteiger partial charge is 0.223 e. The lowest BCUT2D eigenvalue weighted by atomic mass is 9.81. The van der Waals surface area contributed by atoms with Gasteiger partial charge in [-0.2, -0.15) is 0 Å². The summed E-state index contributed by atoms with van der Waals surface area (Å²) >= 11 is 0. The Balaban J connectivity index is 1.35. The van der Waals surface area contributed by atoms with Crippen molar-refractivity contribution in [1.82, 2.24) is 4.90 Å². The van der Waals surface area contributed by atoms with Gasteiger partial charge in [0, 0.05) is 44.3 Å². The molecule has 2 aliphatic heterocycles. The lowest BCUT2D eigenvalue weighted by Crippen LogP contribution is -2.52. The van der Waals surface area contributed by atoms with Crippen LogP contribution in [0.2, 0.25) is 0 Å². The van der Waals surface area contributed by atoms with Crippen LogP contribution in [0.3, 0.4) is 0 Å². The fourth-order valence-corrected chi connectivity index (χ4v) is 4.49. The van der Waals surface area contributed by atoms with Crippen LogP contribution in [0.4, 0.5) is 0 Å². The maximum absolute atomic E-state index is 12.8. The molecule has 0 saturated carbocycles. The molecule has 1 fully saturated rings. The van der Waals surface area contributed by atoms with E-state index in [2.05, 4.69) is 0 Å². The number of amides is 1. The van der Waals surface area contributed by atoms with Crippen molar-refractivity contribution < 1.29 is 19.1 Å². The van der Waals surface area contributed by atoms with Crippen LogP contribution in [-0.2, 0) is 4.79 Å². The van der Waals surface area contributed by atoms with Crippen molar-refractivity contribution in [3.63, 3.8) is 0 Å². The Morgan fingerprint density at radius 2 is 1.65 bits per heavy atom. The van der Waals surface area contributed by atoms with E-state index in [0.717, 1.165) is 16.7 Å². The molecule has 0 radical (unpaired) electrons. The molecule has 2 heterocycles. The number of hydrogen-bond donors (Lipinski definition) is 0. The van der Waals surface area contributed by atoms with E-state index in [1.165, 1.54) is 0 Å². The molecular weight excluding hydrogens is 390 g/mol. The Morgan fingerprint density at radius 1 is 0.968 bits per heavy atom. The molecule has 2 aromatic carbocycles. The average molecular weight is 420 g/mol. The predicted octanol–water partition coefficient (Wildman–Crippen LogP) is 4.60. The van der Waals surface area contributed by atoms with Crippen LogP contribution in [0, 0.1) is 20.8 Å². The number of benzene rings is 2. The van der Waals surface area contributed by atoms with Gasteiger partial charge < -0.3 is 9.64 Å². The molecule has 0 aromatic heterocycles. The highest BCUT2D eigenvalue weighted by Crippen LogP contribution is 2.41. The Kier molecular flexibility index (Phi) is 5.69. The highest BCUT2D eigenvalue weighted by atomic mass is 16.5. The Hall–Kier alpha value is -2.95. The largest absolute Gasteiger partial charge is 0.486 e. The zero-order valence-electron chi connectivity index (χ0n) is 18.5. The van der Waals surface area contributed by atoms with Gasteiger partial charge in [-0.1, -0.05) is 35.9 Å². The molecule has 5 heteroatoms. The Bertz CT molecular complexity index is 1030. The summed E-state index contributed by atoms with van der Waals surface area (Å²) in [5.74, 6) is 0.808. The molecule has 5 nitrogen and oxygen atoms in total. The number of piperidine rings is 1. The monoisotopic (exact) mass is 419 g/mol. The maximum Gasteiger partial charge on any atom is 0.223 e. The number of ketones is 2. The van der Waals surface area contributed by atoms with E-state index >= 15 is 0 Å². The first kappa shape index (κ1) is 21.3. The fraction of sp³-hybridized carbons (Fsp3) is 0.423. The van der Waals surface area contributed by atoms with Crippen molar-refractivity contribution in [2.45, 2.75) is 58.5 Å². The standard InChI is InChI=1S/C26H29NO4/c1-17-4-7-20(8-5-17)22(28)10-11-24(30)27-14-12-26(13-15-27)16-23(29)21-9-6-18(2)19(3)25(21)31-26/h4-9H,10-16H2,1-3H3. The number of likely N-dealkylation sites (tertiary alicyclic amines) is 1. The summed E-state index contributed by atoms with van der Waals surface area (Å²) in [5.41, 5.74) is 4.01. The van der Waals surface area contributed by atoms with Gasteiger partial charge in [-0.15, -0.1) is 0 Å². The summed E-state index contributed by atoms with van der Waals surface area (Å²) in [5, 5.41) is 0. The molecule has 1 amide bonds. The number of carbonyl (C=O) groups is 3. The van der Waals surface area contributed by atoms with E-state index in [9.17, 15) is 14.4 Å². The normalized spacial score (nSPS) is 17.3. The number of rotatable bonds is 4. The molecule has 2 aliphatic rings. The topological polar surface area (TPSA) is 63.7 Å². The molecule has 1 saturated heterocycles. The number of hydrogen-bond acceptors (Lipinski definition) is 4. The minimum absolute atomic E-state index is 0.00880. The molecular formula is C26H29NO4. The third-order valence-corrected chi connectivity index (χ3v) is 6.75. The maximum atomic E-state index is 12.8. The number of fused-ring (bicyclic) bond motifs is 1. The van der Waals surface area contributed by atoms with E-state index < -0.39 is 5.60 Å². The van der Waals surface area contributed by atoms with Crippen molar-refractivity contribution in [1.29, 1.82) is 0 Å². The second kappa shape index (κ2) is 8.29. The van der Waals surface area contributed by atoms with E-state index in [0.29, 0.717) is 49.2 Å². The summed E-state index contributed by atoms with van der Waals surface area (Å²) in [4.78, 5) is 39.6. The van der Waals surface area contributed by atoms with Crippen molar-refractivity contribution in [2.75, 3.05) is 13.1 Å². The summed E-state index contributed by atoms with van der Waals surface area (Å²) < 4.78 is 6.42. The summed E-state index contributed by atoms with van der Waals surface area (Å²) in [6.07, 6.45) is 2.04. The van der Waals surface area contributed by atoms with E-state index in [1.807, 2.05) is 57.2 Å². The summed E-state index contributed by atoms with van der Waals surface area (Å²) in [7, 11) is 0. The van der Waals surface area contributed by atoms with Gasteiger partial charge in [-0.25, -0.2) is 0 Å². The van der Waals surface area contributed by atoms with Crippen LogP contribution in [0.1, 0.15) is 69.5 Å². The fourth-order valence-electron chi connectivity index (χ4n) is 4.49. The van der Waals surface area contributed by atoms with Crippen LogP contribution in [0.5, 0.6) is 5.75 Å². The number of carbonyl (C=O) groups excluding carboxylic acids is 3. The summed E-state index contributed by atoms with van der Waals surface area (Å²) in [6.45, 7) is 7.08. The van der Waals surface area contributed by atoms with E-state index in [-0.39, 0.29) is 30.3 Å². The number of nitrogens with zero attached hydrogens (tertiary/aromatic N) is 1. The highest BCUT2D eigenvalue weighted by Gasteiger charge is 2.44. The van der Waals surface area contributed by atoms with Crippen LogP contribution >= 0.6 is 0 Å². The first-order valence-corrected chi connectivity index (χ1v) is 11.0. The third kappa shape index (κ3) is 4.27. The molecule has 1 spiro atoms. The number of ether oxygens (including phenoxy) is 1. The van der Waals surface area contributed by atoms with E-state index in [4.69, 9.17) is 4.74 Å². The first-order chi connectivity index (χ1) is 14.8. The lowest BCUT2D eigenvalue weighted by Gasteiger charge is -2.44.